The first-order valence-electron chi connectivity index (χ1n) is 6.39. The Morgan fingerprint density at radius 1 is 0.773 bits per heavy atom. The lowest BCUT2D eigenvalue weighted by Gasteiger charge is -2.06. The van der Waals surface area contributed by atoms with Crippen LogP contribution in [0.4, 0.5) is 0 Å². The Morgan fingerprint density at radius 2 is 1.50 bits per heavy atom. The highest BCUT2D eigenvalue weighted by Gasteiger charge is 2.08. The summed E-state index contributed by atoms with van der Waals surface area (Å²) in [6.45, 7) is 0. The average Bonchev–Trinajstić information content (AvgIpc) is 2.51. The molecule has 0 aliphatic heterocycles. The number of benzene rings is 2. The van der Waals surface area contributed by atoms with Gasteiger partial charge in [-0.1, -0.05) is 24.3 Å². The average molecular weight is 298 g/mol. The van der Waals surface area contributed by atoms with Gasteiger partial charge < -0.3 is 20.4 Å². The zero-order chi connectivity index (χ0) is 16.1. The number of phenolic OH excluding ortho intramolecular Hbond substituents is 4. The number of hydrogen-bond acceptors (Lipinski definition) is 5. The summed E-state index contributed by atoms with van der Waals surface area (Å²) in [5.74, 6) is -1.08. The molecule has 0 unspecified atom stereocenters. The standard InChI is InChI=1S/C17H14O5/c18-9-1-2-12-5-8-15(20)17(22)13(12)6-3-11-4-7-14(19)16(21)10-11/h1-10,19-22H/b2-1+,6-3+. The highest BCUT2D eigenvalue weighted by molar-refractivity contribution is 5.83. The van der Waals surface area contributed by atoms with Crippen LogP contribution in [-0.4, -0.2) is 26.7 Å². The number of aromatic hydroxyl groups is 4. The molecule has 0 saturated heterocycles. The van der Waals surface area contributed by atoms with Gasteiger partial charge in [-0.05, 0) is 41.5 Å². The number of phenols is 4. The van der Waals surface area contributed by atoms with Crippen LogP contribution < -0.4 is 0 Å². The van der Waals surface area contributed by atoms with Crippen molar-refractivity contribution in [2.45, 2.75) is 0 Å². The second-order valence-electron chi connectivity index (χ2n) is 4.51. The van der Waals surface area contributed by atoms with Crippen LogP contribution in [0.3, 0.4) is 0 Å². The summed E-state index contributed by atoms with van der Waals surface area (Å²) in [6.07, 6.45) is 6.50. The predicted molar refractivity (Wildman–Crippen MR) is 83.6 cm³/mol. The molecule has 0 aliphatic carbocycles. The molecule has 0 atom stereocenters. The van der Waals surface area contributed by atoms with Crippen molar-refractivity contribution in [1.82, 2.24) is 0 Å². The number of rotatable bonds is 4. The normalized spacial score (nSPS) is 11.3. The van der Waals surface area contributed by atoms with Gasteiger partial charge in [0.05, 0.1) is 0 Å². The third-order valence-corrected chi connectivity index (χ3v) is 3.03. The number of carbonyl (C=O) groups is 1. The van der Waals surface area contributed by atoms with E-state index in [1.54, 1.807) is 18.2 Å². The minimum absolute atomic E-state index is 0.230. The highest BCUT2D eigenvalue weighted by Crippen LogP contribution is 2.34. The van der Waals surface area contributed by atoms with Gasteiger partial charge in [-0.15, -0.1) is 0 Å². The summed E-state index contributed by atoms with van der Waals surface area (Å²) in [4.78, 5) is 10.4. The van der Waals surface area contributed by atoms with E-state index in [2.05, 4.69) is 0 Å². The van der Waals surface area contributed by atoms with Gasteiger partial charge in [0.25, 0.3) is 0 Å². The maximum absolute atomic E-state index is 10.4. The van der Waals surface area contributed by atoms with E-state index in [1.165, 1.54) is 36.4 Å². The zero-order valence-electron chi connectivity index (χ0n) is 11.5. The Bertz CT molecular complexity index is 760. The van der Waals surface area contributed by atoms with Gasteiger partial charge in [0.1, 0.15) is 6.29 Å². The van der Waals surface area contributed by atoms with Crippen molar-refractivity contribution < 1.29 is 25.2 Å². The molecule has 0 aromatic heterocycles. The van der Waals surface area contributed by atoms with Crippen molar-refractivity contribution in [2.75, 3.05) is 0 Å². The molecule has 0 amide bonds. The molecule has 0 aliphatic rings. The fraction of sp³-hybridized carbons (Fsp3) is 0. The van der Waals surface area contributed by atoms with Gasteiger partial charge in [-0.25, -0.2) is 0 Å². The molecule has 5 nitrogen and oxygen atoms in total. The van der Waals surface area contributed by atoms with Crippen molar-refractivity contribution in [1.29, 1.82) is 0 Å². The van der Waals surface area contributed by atoms with E-state index >= 15 is 0 Å². The summed E-state index contributed by atoms with van der Waals surface area (Å²) in [5, 5.41) is 38.2. The Hall–Kier alpha value is -3.21. The second kappa shape index (κ2) is 6.49. The van der Waals surface area contributed by atoms with Crippen LogP contribution in [0, 0.1) is 0 Å². The van der Waals surface area contributed by atoms with Crippen molar-refractivity contribution >= 4 is 24.5 Å². The molecule has 5 heteroatoms. The SMILES string of the molecule is O=C/C=C/c1ccc(O)c(O)c1/C=C/c1ccc(O)c(O)c1. The Labute approximate surface area is 126 Å². The van der Waals surface area contributed by atoms with Gasteiger partial charge >= 0.3 is 0 Å². The lowest BCUT2D eigenvalue weighted by atomic mass is 10.0. The molecular weight excluding hydrogens is 284 g/mol. The molecule has 22 heavy (non-hydrogen) atoms. The lowest BCUT2D eigenvalue weighted by Crippen LogP contribution is -1.83. The van der Waals surface area contributed by atoms with E-state index in [0.717, 1.165) is 0 Å². The summed E-state index contributed by atoms with van der Waals surface area (Å²) in [7, 11) is 0. The van der Waals surface area contributed by atoms with E-state index in [4.69, 9.17) is 0 Å². The van der Waals surface area contributed by atoms with Crippen LogP contribution in [0.1, 0.15) is 16.7 Å². The third kappa shape index (κ3) is 3.27. The van der Waals surface area contributed by atoms with E-state index in [9.17, 15) is 25.2 Å². The van der Waals surface area contributed by atoms with Gasteiger partial charge in [-0.2, -0.15) is 0 Å². The maximum Gasteiger partial charge on any atom is 0.165 e. The number of carbonyl (C=O) groups excluding carboxylic acids is 1. The predicted octanol–water partition coefficient (Wildman–Crippen LogP) is 2.89. The van der Waals surface area contributed by atoms with E-state index in [-0.39, 0.29) is 23.0 Å². The summed E-state index contributed by atoms with van der Waals surface area (Å²) < 4.78 is 0. The first-order valence-corrected chi connectivity index (χ1v) is 6.39. The fourth-order valence-corrected chi connectivity index (χ4v) is 1.90. The lowest BCUT2D eigenvalue weighted by molar-refractivity contribution is -0.104. The molecule has 2 rings (SSSR count). The Balaban J connectivity index is 2.44. The first-order chi connectivity index (χ1) is 10.5. The molecule has 2 aromatic carbocycles. The second-order valence-corrected chi connectivity index (χ2v) is 4.51. The highest BCUT2D eigenvalue weighted by atomic mass is 16.3. The maximum atomic E-state index is 10.4. The van der Waals surface area contributed by atoms with E-state index < -0.39 is 0 Å². The molecule has 0 bridgehead atoms. The number of hydrogen-bond donors (Lipinski definition) is 4. The molecular formula is C17H14O5. The van der Waals surface area contributed by atoms with Crippen molar-refractivity contribution in [3.63, 3.8) is 0 Å². The van der Waals surface area contributed by atoms with Crippen LogP contribution >= 0.6 is 0 Å². The van der Waals surface area contributed by atoms with Gasteiger partial charge in [0, 0.05) is 5.56 Å². The molecule has 0 spiro atoms. The number of aldehydes is 1. The monoisotopic (exact) mass is 298 g/mol. The zero-order valence-corrected chi connectivity index (χ0v) is 11.5. The largest absolute Gasteiger partial charge is 0.504 e. The quantitative estimate of drug-likeness (QED) is 0.301. The summed E-state index contributed by atoms with van der Waals surface area (Å²) in [6, 6.07) is 7.15. The van der Waals surface area contributed by atoms with Crippen LogP contribution in [-0.2, 0) is 4.79 Å². The smallest absolute Gasteiger partial charge is 0.165 e. The first kappa shape index (κ1) is 15.2. The summed E-state index contributed by atoms with van der Waals surface area (Å²) >= 11 is 0. The van der Waals surface area contributed by atoms with Crippen molar-refractivity contribution in [2.24, 2.45) is 0 Å². The van der Waals surface area contributed by atoms with Crippen LogP contribution in [0.2, 0.25) is 0 Å². The minimum Gasteiger partial charge on any atom is -0.504 e. The summed E-state index contributed by atoms with van der Waals surface area (Å²) in [5.41, 5.74) is 1.45. The van der Waals surface area contributed by atoms with Crippen LogP contribution in [0.15, 0.2) is 36.4 Å². The number of allylic oxidation sites excluding steroid dienone is 1. The van der Waals surface area contributed by atoms with Gasteiger partial charge in [0.15, 0.2) is 23.0 Å². The van der Waals surface area contributed by atoms with Gasteiger partial charge in [-0.3, -0.25) is 4.79 Å². The Morgan fingerprint density at radius 3 is 2.18 bits per heavy atom. The fourth-order valence-electron chi connectivity index (χ4n) is 1.90. The Kier molecular flexibility index (Phi) is 4.48. The van der Waals surface area contributed by atoms with E-state index in [1.807, 2.05) is 0 Å². The molecule has 0 fully saturated rings. The molecule has 0 radical (unpaired) electrons. The van der Waals surface area contributed by atoms with Gasteiger partial charge in [0.2, 0.25) is 0 Å². The van der Waals surface area contributed by atoms with Crippen LogP contribution in [0.5, 0.6) is 23.0 Å². The molecule has 0 heterocycles. The minimum atomic E-state index is -0.313. The van der Waals surface area contributed by atoms with Crippen molar-refractivity contribution in [3.8, 4) is 23.0 Å². The molecule has 0 saturated carbocycles. The topological polar surface area (TPSA) is 98.0 Å². The third-order valence-electron chi connectivity index (χ3n) is 3.03. The van der Waals surface area contributed by atoms with Crippen LogP contribution in [0.25, 0.3) is 18.2 Å². The molecule has 2 aromatic rings. The van der Waals surface area contributed by atoms with E-state index in [0.29, 0.717) is 23.0 Å². The molecule has 4 N–H and O–H groups in total. The van der Waals surface area contributed by atoms with Crippen molar-refractivity contribution in [3.05, 3.63) is 53.1 Å². The molecule has 112 valence electrons.